The minimum Gasteiger partial charge on any atom is -0.372 e. The van der Waals surface area contributed by atoms with Crippen LogP contribution in [-0.4, -0.2) is 28.2 Å². The van der Waals surface area contributed by atoms with Crippen molar-refractivity contribution in [3.05, 3.63) is 53.6 Å². The summed E-state index contributed by atoms with van der Waals surface area (Å²) < 4.78 is 7.79. The van der Waals surface area contributed by atoms with Crippen molar-refractivity contribution < 1.29 is 9.53 Å². The summed E-state index contributed by atoms with van der Waals surface area (Å²) in [7, 11) is 1.96. The number of carbonyl (C=O) groups is 1. The molecule has 0 bridgehead atoms. The largest absolute Gasteiger partial charge is 0.372 e. The molecule has 2 heterocycles. The lowest BCUT2D eigenvalue weighted by Crippen LogP contribution is -2.44. The molecule has 1 saturated heterocycles. The maximum Gasteiger partial charge on any atom is 0.315 e. The van der Waals surface area contributed by atoms with Crippen molar-refractivity contribution in [1.29, 1.82) is 0 Å². The molecule has 1 fully saturated rings. The van der Waals surface area contributed by atoms with E-state index in [-0.39, 0.29) is 18.2 Å². The summed E-state index contributed by atoms with van der Waals surface area (Å²) in [6.45, 7) is 3.21. The quantitative estimate of drug-likeness (QED) is 0.906. The van der Waals surface area contributed by atoms with E-state index in [0.717, 1.165) is 24.1 Å². The van der Waals surface area contributed by atoms with Gasteiger partial charge in [-0.05, 0) is 25.3 Å². The Morgan fingerprint density at radius 3 is 3.08 bits per heavy atom. The standard InChI is InChI=1S/C18H24N4O2/c1-13-4-3-5-14(8-13)10-20-18(23)21-15-6-7-24-17(9-15)16-11-19-12-22(16)2/h3-5,8,11-12,15,17H,6-7,9-10H2,1-2H3,(H2,20,21,23). The van der Waals surface area contributed by atoms with Gasteiger partial charge in [0.1, 0.15) is 6.10 Å². The molecule has 1 aromatic carbocycles. The summed E-state index contributed by atoms with van der Waals surface area (Å²) in [6.07, 6.45) is 5.16. The predicted octanol–water partition coefficient (Wildman–Crippen LogP) is 2.45. The molecule has 2 amide bonds. The van der Waals surface area contributed by atoms with Gasteiger partial charge in [0.2, 0.25) is 0 Å². The molecule has 2 atom stereocenters. The van der Waals surface area contributed by atoms with Crippen LogP contribution in [0, 0.1) is 6.92 Å². The molecule has 0 radical (unpaired) electrons. The number of hydrogen-bond acceptors (Lipinski definition) is 3. The molecule has 3 rings (SSSR count). The Kier molecular flexibility index (Phi) is 5.15. The number of aryl methyl sites for hydroxylation is 2. The zero-order chi connectivity index (χ0) is 16.9. The second kappa shape index (κ2) is 7.49. The molecule has 2 N–H and O–H groups in total. The summed E-state index contributed by atoms with van der Waals surface area (Å²) in [5.74, 6) is 0. The van der Waals surface area contributed by atoms with Crippen molar-refractivity contribution in [2.45, 2.75) is 38.5 Å². The molecular weight excluding hydrogens is 304 g/mol. The third kappa shape index (κ3) is 4.14. The normalized spacial score (nSPS) is 20.6. The van der Waals surface area contributed by atoms with Gasteiger partial charge in [-0.15, -0.1) is 0 Å². The number of aromatic nitrogens is 2. The van der Waals surface area contributed by atoms with E-state index >= 15 is 0 Å². The Morgan fingerprint density at radius 2 is 2.33 bits per heavy atom. The summed E-state index contributed by atoms with van der Waals surface area (Å²) in [4.78, 5) is 16.3. The molecule has 0 saturated carbocycles. The number of benzene rings is 1. The van der Waals surface area contributed by atoms with Crippen LogP contribution in [-0.2, 0) is 18.3 Å². The number of ether oxygens (including phenoxy) is 1. The van der Waals surface area contributed by atoms with Crippen LogP contribution in [0.1, 0.15) is 35.8 Å². The van der Waals surface area contributed by atoms with Gasteiger partial charge in [-0.2, -0.15) is 0 Å². The fraction of sp³-hybridized carbons (Fsp3) is 0.444. The van der Waals surface area contributed by atoms with Crippen LogP contribution < -0.4 is 10.6 Å². The maximum absolute atomic E-state index is 12.1. The van der Waals surface area contributed by atoms with Gasteiger partial charge in [0.25, 0.3) is 0 Å². The number of rotatable bonds is 4. The second-order valence-electron chi connectivity index (χ2n) is 6.33. The van der Waals surface area contributed by atoms with Crippen molar-refractivity contribution in [2.75, 3.05) is 6.61 Å². The van der Waals surface area contributed by atoms with Crippen molar-refractivity contribution >= 4 is 6.03 Å². The predicted molar refractivity (Wildman–Crippen MR) is 91.5 cm³/mol. The molecule has 1 aliphatic heterocycles. The number of carbonyl (C=O) groups excluding carboxylic acids is 1. The molecule has 6 nitrogen and oxygen atoms in total. The van der Waals surface area contributed by atoms with Gasteiger partial charge in [0.15, 0.2) is 0 Å². The first-order valence-electron chi connectivity index (χ1n) is 8.29. The van der Waals surface area contributed by atoms with Gasteiger partial charge in [0.05, 0.1) is 18.2 Å². The van der Waals surface area contributed by atoms with Crippen LogP contribution in [0.4, 0.5) is 4.79 Å². The first kappa shape index (κ1) is 16.5. The Labute approximate surface area is 142 Å². The highest BCUT2D eigenvalue weighted by molar-refractivity contribution is 5.74. The van der Waals surface area contributed by atoms with Crippen molar-refractivity contribution in [1.82, 2.24) is 20.2 Å². The molecule has 1 aliphatic rings. The average molecular weight is 328 g/mol. The van der Waals surface area contributed by atoms with E-state index in [9.17, 15) is 4.79 Å². The van der Waals surface area contributed by atoms with E-state index in [1.165, 1.54) is 5.56 Å². The van der Waals surface area contributed by atoms with Crippen molar-refractivity contribution in [3.8, 4) is 0 Å². The molecule has 6 heteroatoms. The molecule has 24 heavy (non-hydrogen) atoms. The van der Waals surface area contributed by atoms with Gasteiger partial charge in [-0.3, -0.25) is 0 Å². The summed E-state index contributed by atoms with van der Waals surface area (Å²) in [5.41, 5.74) is 3.34. The van der Waals surface area contributed by atoms with Gasteiger partial charge in [-0.25, -0.2) is 9.78 Å². The van der Waals surface area contributed by atoms with Crippen molar-refractivity contribution in [2.24, 2.45) is 7.05 Å². The first-order chi connectivity index (χ1) is 11.6. The molecule has 2 unspecified atom stereocenters. The number of nitrogens with one attached hydrogen (secondary N) is 2. The monoisotopic (exact) mass is 328 g/mol. The van der Waals surface area contributed by atoms with E-state index in [4.69, 9.17) is 4.74 Å². The average Bonchev–Trinajstić information content (AvgIpc) is 2.99. The second-order valence-corrected chi connectivity index (χ2v) is 6.33. The maximum atomic E-state index is 12.1. The zero-order valence-electron chi connectivity index (χ0n) is 14.2. The summed E-state index contributed by atoms with van der Waals surface area (Å²) in [5, 5.41) is 5.98. The van der Waals surface area contributed by atoms with Crippen molar-refractivity contribution in [3.63, 3.8) is 0 Å². The molecule has 0 aliphatic carbocycles. The highest BCUT2D eigenvalue weighted by atomic mass is 16.5. The van der Waals surface area contributed by atoms with Gasteiger partial charge < -0.3 is 19.9 Å². The van der Waals surface area contributed by atoms with E-state index in [2.05, 4.69) is 21.7 Å². The number of amides is 2. The highest BCUT2D eigenvalue weighted by Gasteiger charge is 2.26. The third-order valence-corrected chi connectivity index (χ3v) is 4.34. The summed E-state index contributed by atoms with van der Waals surface area (Å²) in [6, 6.07) is 8.11. The van der Waals surface area contributed by atoms with E-state index in [1.807, 2.05) is 42.9 Å². The highest BCUT2D eigenvalue weighted by Crippen LogP contribution is 2.27. The fourth-order valence-electron chi connectivity index (χ4n) is 3.05. The molecule has 128 valence electrons. The molecule has 2 aromatic rings. The van der Waals surface area contributed by atoms with Crippen LogP contribution in [0.2, 0.25) is 0 Å². The molecule has 0 spiro atoms. The minimum absolute atomic E-state index is 0.0201. The lowest BCUT2D eigenvalue weighted by molar-refractivity contribution is -0.00178. The van der Waals surface area contributed by atoms with E-state index in [0.29, 0.717) is 13.2 Å². The molecular formula is C18H24N4O2. The number of nitrogens with zero attached hydrogens (tertiary/aromatic N) is 2. The number of imidazole rings is 1. The Morgan fingerprint density at radius 1 is 1.46 bits per heavy atom. The smallest absolute Gasteiger partial charge is 0.315 e. The van der Waals surface area contributed by atoms with Gasteiger partial charge in [-0.1, -0.05) is 29.8 Å². The number of urea groups is 1. The van der Waals surface area contributed by atoms with Crippen LogP contribution >= 0.6 is 0 Å². The van der Waals surface area contributed by atoms with Crippen LogP contribution in [0.15, 0.2) is 36.8 Å². The Balaban J connectivity index is 1.50. The van der Waals surface area contributed by atoms with E-state index in [1.54, 1.807) is 6.33 Å². The minimum atomic E-state index is -0.132. The Bertz CT molecular complexity index is 698. The SMILES string of the molecule is Cc1cccc(CNC(=O)NC2CCOC(c3cncn3C)C2)c1. The van der Waals surface area contributed by atoms with Crippen LogP contribution in [0.5, 0.6) is 0 Å². The van der Waals surface area contributed by atoms with Gasteiger partial charge in [0, 0.05) is 26.2 Å². The number of hydrogen-bond donors (Lipinski definition) is 2. The Hall–Kier alpha value is -2.34. The van der Waals surface area contributed by atoms with Crippen LogP contribution in [0.3, 0.4) is 0 Å². The zero-order valence-corrected chi connectivity index (χ0v) is 14.2. The third-order valence-electron chi connectivity index (χ3n) is 4.34. The lowest BCUT2D eigenvalue weighted by atomic mass is 10.0. The van der Waals surface area contributed by atoms with Gasteiger partial charge >= 0.3 is 6.03 Å². The molecule has 1 aromatic heterocycles. The lowest BCUT2D eigenvalue weighted by Gasteiger charge is -2.30. The first-order valence-corrected chi connectivity index (χ1v) is 8.29. The van der Waals surface area contributed by atoms with E-state index < -0.39 is 0 Å². The topological polar surface area (TPSA) is 68.2 Å². The van der Waals surface area contributed by atoms with Crippen LogP contribution in [0.25, 0.3) is 0 Å². The summed E-state index contributed by atoms with van der Waals surface area (Å²) >= 11 is 0. The fourth-order valence-corrected chi connectivity index (χ4v) is 3.05.